The van der Waals surface area contributed by atoms with Crippen molar-refractivity contribution in [2.75, 3.05) is 19.8 Å². The number of nitrogens with one attached hydrogen (secondary N) is 2. The molecule has 0 bridgehead atoms. The maximum Gasteiger partial charge on any atom is 0.191 e. The Balaban J connectivity index is 0.00000341. The van der Waals surface area contributed by atoms with Crippen molar-refractivity contribution in [3.8, 4) is 10.6 Å². The first kappa shape index (κ1) is 25.3. The van der Waals surface area contributed by atoms with Crippen LogP contribution in [0.2, 0.25) is 0 Å². The van der Waals surface area contributed by atoms with Gasteiger partial charge in [-0.25, -0.2) is 13.4 Å². The van der Waals surface area contributed by atoms with E-state index >= 15 is 0 Å². The molecule has 2 aromatic carbocycles. The minimum atomic E-state index is -3.16. The number of hydrogen-bond donors (Lipinski definition) is 2. The molecule has 1 aromatic heterocycles. The van der Waals surface area contributed by atoms with Crippen molar-refractivity contribution >= 4 is 51.1 Å². The van der Waals surface area contributed by atoms with E-state index in [-0.39, 0.29) is 24.0 Å². The van der Waals surface area contributed by atoms with Crippen LogP contribution in [0.25, 0.3) is 10.6 Å². The lowest BCUT2D eigenvalue weighted by molar-refractivity contribution is 0.602. The zero-order chi connectivity index (χ0) is 21.6. The normalized spacial score (nSPS) is 11.6. The fraction of sp³-hybridized carbons (Fsp3) is 0.273. The highest BCUT2D eigenvalue weighted by atomic mass is 127. The van der Waals surface area contributed by atoms with Gasteiger partial charge in [0.1, 0.15) is 5.01 Å². The Bertz CT molecular complexity index is 1110. The summed E-state index contributed by atoms with van der Waals surface area (Å²) < 4.78 is 23.1. The van der Waals surface area contributed by atoms with Crippen LogP contribution in [0, 0.1) is 6.92 Å². The average Bonchev–Trinajstić information content (AvgIpc) is 3.11. The van der Waals surface area contributed by atoms with Crippen LogP contribution in [-0.2, 0) is 22.8 Å². The molecule has 0 fully saturated rings. The van der Waals surface area contributed by atoms with Crippen molar-refractivity contribution in [2.45, 2.75) is 24.8 Å². The number of hydrogen-bond acceptors (Lipinski definition) is 5. The predicted octanol–water partition coefficient (Wildman–Crippen LogP) is 4.05. The van der Waals surface area contributed by atoms with E-state index in [4.69, 9.17) is 0 Å². The highest BCUT2D eigenvalue weighted by Crippen LogP contribution is 2.27. The Hall–Kier alpha value is -1.98. The van der Waals surface area contributed by atoms with Crippen molar-refractivity contribution < 1.29 is 8.42 Å². The first-order valence-electron chi connectivity index (χ1n) is 9.62. The van der Waals surface area contributed by atoms with Crippen LogP contribution < -0.4 is 10.6 Å². The molecule has 0 saturated heterocycles. The van der Waals surface area contributed by atoms with Gasteiger partial charge in [-0.2, -0.15) is 0 Å². The monoisotopic (exact) mass is 570 g/mol. The molecule has 0 amide bonds. The molecule has 9 heteroatoms. The predicted molar refractivity (Wildman–Crippen MR) is 139 cm³/mol. The molecule has 3 aromatic rings. The molecule has 0 atom stereocenters. The summed E-state index contributed by atoms with van der Waals surface area (Å²) in [5.74, 6) is 0.719. The summed E-state index contributed by atoms with van der Waals surface area (Å²) in [5, 5.41) is 7.65. The van der Waals surface area contributed by atoms with E-state index in [2.05, 4.69) is 32.7 Å². The molecule has 0 spiro atoms. The lowest BCUT2D eigenvalue weighted by atomic mass is 10.1. The third-order valence-electron chi connectivity index (χ3n) is 4.61. The topological polar surface area (TPSA) is 83.5 Å². The molecular formula is C22H27IN4O2S2. The zero-order valence-corrected chi connectivity index (χ0v) is 21.7. The summed E-state index contributed by atoms with van der Waals surface area (Å²) in [7, 11) is -1.42. The number of benzene rings is 2. The van der Waals surface area contributed by atoms with Gasteiger partial charge in [0.2, 0.25) is 0 Å². The first-order chi connectivity index (χ1) is 14.4. The first-order valence-corrected chi connectivity index (χ1v) is 12.3. The van der Waals surface area contributed by atoms with Crippen molar-refractivity contribution in [1.82, 2.24) is 15.6 Å². The molecular weight excluding hydrogens is 543 g/mol. The number of guanidine groups is 1. The molecule has 6 nitrogen and oxygen atoms in total. The second-order valence-electron chi connectivity index (χ2n) is 6.91. The molecule has 0 aliphatic heterocycles. The second kappa shape index (κ2) is 11.6. The Kier molecular flexibility index (Phi) is 9.45. The summed E-state index contributed by atoms with van der Waals surface area (Å²) >= 11 is 1.68. The number of aryl methyl sites for hydroxylation is 1. The highest BCUT2D eigenvalue weighted by molar-refractivity contribution is 14.0. The quantitative estimate of drug-likeness (QED) is 0.255. The largest absolute Gasteiger partial charge is 0.356 e. The van der Waals surface area contributed by atoms with E-state index in [0.29, 0.717) is 18.0 Å². The minimum absolute atomic E-state index is 0. The van der Waals surface area contributed by atoms with E-state index in [1.54, 1.807) is 30.5 Å². The highest BCUT2D eigenvalue weighted by Gasteiger charge is 2.10. The van der Waals surface area contributed by atoms with Crippen LogP contribution in [0.3, 0.4) is 0 Å². The number of sulfone groups is 1. The van der Waals surface area contributed by atoms with Gasteiger partial charge in [0, 0.05) is 30.3 Å². The van der Waals surface area contributed by atoms with Crippen molar-refractivity contribution in [3.05, 3.63) is 70.7 Å². The number of thiazole rings is 1. The van der Waals surface area contributed by atoms with Crippen LogP contribution in [0.4, 0.5) is 0 Å². The molecule has 0 saturated carbocycles. The number of aromatic nitrogens is 1. The second-order valence-corrected chi connectivity index (χ2v) is 10.0. The van der Waals surface area contributed by atoms with E-state index in [1.807, 2.05) is 37.3 Å². The molecule has 2 N–H and O–H groups in total. The zero-order valence-electron chi connectivity index (χ0n) is 17.8. The maximum atomic E-state index is 11.5. The van der Waals surface area contributed by atoms with Gasteiger partial charge in [0.25, 0.3) is 0 Å². The van der Waals surface area contributed by atoms with E-state index < -0.39 is 9.84 Å². The molecule has 0 radical (unpaired) electrons. The smallest absolute Gasteiger partial charge is 0.191 e. The third-order valence-corrected chi connectivity index (χ3v) is 6.95. The molecule has 0 aliphatic carbocycles. The van der Waals surface area contributed by atoms with Gasteiger partial charge in [-0.15, -0.1) is 35.3 Å². The summed E-state index contributed by atoms with van der Waals surface area (Å²) in [6.45, 7) is 3.37. The van der Waals surface area contributed by atoms with E-state index in [0.717, 1.165) is 34.2 Å². The summed E-state index contributed by atoms with van der Waals surface area (Å²) in [5.41, 5.74) is 3.21. The maximum absolute atomic E-state index is 11.5. The standard InChI is InChI=1S/C22H26N4O2S2.HI/c1-16-20(29-21(26-16)18-7-5-4-6-8-18)15-25-22(23-2)24-14-13-17-9-11-19(12-10-17)30(3,27)28;/h4-12H,13-15H2,1-3H3,(H2,23,24,25);1H. The molecule has 0 unspecified atom stereocenters. The Morgan fingerprint density at radius 3 is 2.35 bits per heavy atom. The third kappa shape index (κ3) is 7.29. The van der Waals surface area contributed by atoms with E-state index in [1.165, 1.54) is 11.1 Å². The van der Waals surface area contributed by atoms with Gasteiger partial charge in [0.15, 0.2) is 15.8 Å². The SMILES string of the molecule is CN=C(NCCc1ccc(S(C)(=O)=O)cc1)NCc1sc(-c2ccccc2)nc1C.I. The fourth-order valence-corrected chi connectivity index (χ4v) is 4.55. The Morgan fingerprint density at radius 2 is 1.74 bits per heavy atom. The lowest BCUT2D eigenvalue weighted by Gasteiger charge is -2.11. The lowest BCUT2D eigenvalue weighted by Crippen LogP contribution is -2.37. The van der Waals surface area contributed by atoms with Gasteiger partial charge in [0.05, 0.1) is 17.1 Å². The summed E-state index contributed by atoms with van der Waals surface area (Å²) in [6, 6.07) is 17.2. The van der Waals surface area contributed by atoms with Crippen molar-refractivity contribution in [3.63, 3.8) is 0 Å². The van der Waals surface area contributed by atoms with Crippen molar-refractivity contribution in [1.29, 1.82) is 0 Å². The molecule has 31 heavy (non-hydrogen) atoms. The molecule has 3 rings (SSSR count). The van der Waals surface area contributed by atoms with Crippen LogP contribution in [0.5, 0.6) is 0 Å². The number of halogens is 1. The molecule has 166 valence electrons. The minimum Gasteiger partial charge on any atom is -0.356 e. The van der Waals surface area contributed by atoms with Crippen LogP contribution in [0.15, 0.2) is 64.5 Å². The number of nitrogens with zero attached hydrogens (tertiary/aromatic N) is 2. The van der Waals surface area contributed by atoms with Crippen molar-refractivity contribution in [2.24, 2.45) is 4.99 Å². The van der Waals surface area contributed by atoms with Gasteiger partial charge < -0.3 is 10.6 Å². The number of rotatable bonds is 7. The van der Waals surface area contributed by atoms with Crippen LogP contribution in [-0.4, -0.2) is 39.2 Å². The summed E-state index contributed by atoms with van der Waals surface area (Å²) in [6.07, 6.45) is 1.98. The van der Waals surface area contributed by atoms with Crippen LogP contribution >= 0.6 is 35.3 Å². The average molecular weight is 571 g/mol. The van der Waals surface area contributed by atoms with Gasteiger partial charge in [-0.3, -0.25) is 4.99 Å². The van der Waals surface area contributed by atoms with Gasteiger partial charge in [-0.1, -0.05) is 42.5 Å². The van der Waals surface area contributed by atoms with E-state index in [9.17, 15) is 8.42 Å². The van der Waals surface area contributed by atoms with Crippen LogP contribution in [0.1, 0.15) is 16.1 Å². The van der Waals surface area contributed by atoms with Gasteiger partial charge in [-0.05, 0) is 31.0 Å². The van der Waals surface area contributed by atoms with Gasteiger partial charge >= 0.3 is 0 Å². The Morgan fingerprint density at radius 1 is 1.06 bits per heavy atom. The molecule has 1 heterocycles. The number of aliphatic imine (C=N–C) groups is 1. The fourth-order valence-electron chi connectivity index (χ4n) is 2.91. The Labute approximate surface area is 205 Å². The molecule has 0 aliphatic rings. The summed E-state index contributed by atoms with van der Waals surface area (Å²) in [4.78, 5) is 10.5.